The van der Waals surface area contributed by atoms with Gasteiger partial charge in [-0.25, -0.2) is 14.8 Å². The molecule has 0 aliphatic carbocycles. The number of nitrogens with zero attached hydrogens (tertiary/aromatic N) is 4. The summed E-state index contributed by atoms with van der Waals surface area (Å²) < 4.78 is 37.0. The van der Waals surface area contributed by atoms with E-state index >= 15 is 0 Å². The summed E-state index contributed by atoms with van der Waals surface area (Å²) in [5.74, 6) is -1.97. The number of ether oxygens (including phenoxy) is 1. The fourth-order valence-electron chi connectivity index (χ4n) is 3.58. The van der Waals surface area contributed by atoms with Gasteiger partial charge in [0.1, 0.15) is 17.8 Å². The number of rotatable bonds is 3. The standard InChI is InChI=1S/C21H23N5O2.C2HF3O2/c1-13-14(2)22-12-23-19(13)21(27)26-10-8-17-18(9-11-26)24-25-20(17)15-4-6-16(28-3)7-5-15;3-2(4,5)1(6)7/h4-7,12H,8-11H2,1-3H3,(H,24,25);(H,6,7). The number of aryl methyl sites for hydroxylation is 1. The zero-order valence-corrected chi connectivity index (χ0v) is 19.3. The van der Waals surface area contributed by atoms with Gasteiger partial charge in [0.15, 0.2) is 0 Å². The molecule has 1 aliphatic heterocycles. The van der Waals surface area contributed by atoms with Gasteiger partial charge in [0, 0.05) is 47.6 Å². The summed E-state index contributed by atoms with van der Waals surface area (Å²) in [5, 5.41) is 14.8. The average molecular weight is 491 g/mol. The van der Waals surface area contributed by atoms with Crippen molar-refractivity contribution in [2.75, 3.05) is 20.2 Å². The Labute approximate surface area is 199 Å². The van der Waals surface area contributed by atoms with Crippen molar-refractivity contribution in [3.63, 3.8) is 0 Å². The van der Waals surface area contributed by atoms with E-state index in [1.807, 2.05) is 43.0 Å². The van der Waals surface area contributed by atoms with Crippen LogP contribution < -0.4 is 4.74 Å². The van der Waals surface area contributed by atoms with Crippen LogP contribution in [0, 0.1) is 13.8 Å². The molecule has 0 saturated heterocycles. The van der Waals surface area contributed by atoms with Crippen molar-refractivity contribution in [1.29, 1.82) is 0 Å². The second-order valence-electron chi connectivity index (χ2n) is 7.79. The van der Waals surface area contributed by atoms with Gasteiger partial charge in [-0.3, -0.25) is 9.89 Å². The van der Waals surface area contributed by atoms with Crippen LogP contribution in [0.4, 0.5) is 13.2 Å². The molecule has 0 bridgehead atoms. The van der Waals surface area contributed by atoms with E-state index in [0.717, 1.165) is 46.8 Å². The minimum absolute atomic E-state index is 0.0351. The number of amides is 1. The number of carboxylic acids is 1. The molecule has 1 aromatic carbocycles. The maximum absolute atomic E-state index is 13.0. The molecule has 0 spiro atoms. The monoisotopic (exact) mass is 491 g/mol. The number of hydrogen-bond donors (Lipinski definition) is 2. The number of carbonyl (C=O) groups is 2. The van der Waals surface area contributed by atoms with Crippen molar-refractivity contribution in [1.82, 2.24) is 25.1 Å². The number of methoxy groups -OCH3 is 1. The highest BCUT2D eigenvalue weighted by atomic mass is 19.4. The summed E-state index contributed by atoms with van der Waals surface area (Å²) in [6.07, 6.45) is -2.13. The van der Waals surface area contributed by atoms with E-state index in [1.165, 1.54) is 11.9 Å². The summed E-state index contributed by atoms with van der Waals surface area (Å²) in [5.41, 5.74) is 6.43. The molecular weight excluding hydrogens is 467 g/mol. The number of hydrogen-bond acceptors (Lipinski definition) is 6. The Kier molecular flexibility index (Phi) is 7.72. The number of H-pyrrole nitrogens is 1. The fourth-order valence-corrected chi connectivity index (χ4v) is 3.58. The van der Waals surface area contributed by atoms with Crippen molar-refractivity contribution < 1.29 is 32.6 Å². The Morgan fingerprint density at radius 3 is 2.31 bits per heavy atom. The normalized spacial score (nSPS) is 13.3. The Balaban J connectivity index is 0.000000429. The number of alkyl halides is 3. The topological polar surface area (TPSA) is 121 Å². The first kappa shape index (κ1) is 25.7. The minimum atomic E-state index is -5.08. The van der Waals surface area contributed by atoms with Gasteiger partial charge in [-0.15, -0.1) is 0 Å². The van der Waals surface area contributed by atoms with Gasteiger partial charge >= 0.3 is 12.1 Å². The molecule has 4 rings (SSSR count). The first-order valence-electron chi connectivity index (χ1n) is 10.6. The van der Waals surface area contributed by atoms with Crippen molar-refractivity contribution >= 4 is 11.9 Å². The van der Waals surface area contributed by atoms with Crippen LogP contribution in [-0.4, -0.2) is 68.4 Å². The van der Waals surface area contributed by atoms with Crippen molar-refractivity contribution in [3.8, 4) is 17.0 Å². The molecule has 12 heteroatoms. The Hall–Kier alpha value is -3.96. The largest absolute Gasteiger partial charge is 0.497 e. The highest BCUT2D eigenvalue weighted by Gasteiger charge is 2.38. The molecule has 3 aromatic rings. The third-order valence-corrected chi connectivity index (χ3v) is 5.65. The lowest BCUT2D eigenvalue weighted by atomic mass is 10.0. The number of aromatic amines is 1. The van der Waals surface area contributed by atoms with Gasteiger partial charge < -0.3 is 14.7 Å². The minimum Gasteiger partial charge on any atom is -0.497 e. The molecule has 0 radical (unpaired) electrons. The summed E-state index contributed by atoms with van der Waals surface area (Å²) in [7, 11) is 1.65. The number of benzene rings is 1. The molecule has 9 nitrogen and oxygen atoms in total. The van der Waals surface area contributed by atoms with E-state index in [1.54, 1.807) is 7.11 Å². The van der Waals surface area contributed by atoms with Crippen LogP contribution in [0.2, 0.25) is 0 Å². The third kappa shape index (κ3) is 5.94. The first-order valence-corrected chi connectivity index (χ1v) is 10.6. The van der Waals surface area contributed by atoms with Gasteiger partial charge in [0.05, 0.1) is 12.8 Å². The summed E-state index contributed by atoms with van der Waals surface area (Å²) >= 11 is 0. The zero-order chi connectivity index (χ0) is 25.8. The van der Waals surface area contributed by atoms with Gasteiger partial charge in [-0.1, -0.05) is 0 Å². The maximum Gasteiger partial charge on any atom is 0.490 e. The van der Waals surface area contributed by atoms with Crippen LogP contribution in [0.25, 0.3) is 11.3 Å². The Morgan fingerprint density at radius 1 is 1.09 bits per heavy atom. The van der Waals surface area contributed by atoms with Crippen LogP contribution in [-0.2, 0) is 17.6 Å². The van der Waals surface area contributed by atoms with E-state index in [4.69, 9.17) is 14.6 Å². The molecule has 0 saturated carbocycles. The molecule has 35 heavy (non-hydrogen) atoms. The lowest BCUT2D eigenvalue weighted by Gasteiger charge is -2.21. The number of aliphatic carboxylic acids is 1. The summed E-state index contributed by atoms with van der Waals surface area (Å²) in [6, 6.07) is 7.89. The van der Waals surface area contributed by atoms with Gasteiger partial charge in [0.25, 0.3) is 5.91 Å². The number of aromatic nitrogens is 4. The lowest BCUT2D eigenvalue weighted by molar-refractivity contribution is -0.192. The van der Waals surface area contributed by atoms with Crippen LogP contribution in [0.3, 0.4) is 0 Å². The van der Waals surface area contributed by atoms with E-state index < -0.39 is 12.1 Å². The first-order chi connectivity index (χ1) is 16.5. The molecular formula is C23H24F3N5O4. The second kappa shape index (κ2) is 10.5. The third-order valence-electron chi connectivity index (χ3n) is 5.65. The van der Waals surface area contributed by atoms with Gasteiger partial charge in [0.2, 0.25) is 0 Å². The average Bonchev–Trinajstić information content (AvgIpc) is 3.11. The zero-order valence-electron chi connectivity index (χ0n) is 19.3. The number of nitrogens with one attached hydrogen (secondary N) is 1. The smallest absolute Gasteiger partial charge is 0.490 e. The quantitative estimate of drug-likeness (QED) is 0.576. The highest BCUT2D eigenvalue weighted by Crippen LogP contribution is 2.28. The van der Waals surface area contributed by atoms with E-state index in [-0.39, 0.29) is 5.91 Å². The Bertz CT molecular complexity index is 1210. The second-order valence-corrected chi connectivity index (χ2v) is 7.79. The summed E-state index contributed by atoms with van der Waals surface area (Å²) in [6.45, 7) is 5.07. The van der Waals surface area contributed by atoms with Crippen LogP contribution >= 0.6 is 0 Å². The van der Waals surface area contributed by atoms with E-state index in [0.29, 0.717) is 18.8 Å². The predicted octanol–water partition coefficient (Wildman–Crippen LogP) is 3.37. The van der Waals surface area contributed by atoms with Crippen molar-refractivity contribution in [2.45, 2.75) is 32.9 Å². The molecule has 186 valence electrons. The van der Waals surface area contributed by atoms with E-state index in [9.17, 15) is 18.0 Å². The molecule has 2 aromatic heterocycles. The molecule has 0 atom stereocenters. The van der Waals surface area contributed by atoms with Crippen molar-refractivity contribution in [3.05, 3.63) is 58.8 Å². The van der Waals surface area contributed by atoms with Gasteiger partial charge in [-0.05, 0) is 44.5 Å². The number of fused-ring (bicyclic) bond motifs is 1. The van der Waals surface area contributed by atoms with Crippen molar-refractivity contribution in [2.24, 2.45) is 0 Å². The molecule has 0 fully saturated rings. The van der Waals surface area contributed by atoms with Crippen LogP contribution in [0.15, 0.2) is 30.6 Å². The predicted molar refractivity (Wildman–Crippen MR) is 119 cm³/mol. The highest BCUT2D eigenvalue weighted by molar-refractivity contribution is 5.93. The fraction of sp³-hybridized carbons (Fsp3) is 0.348. The van der Waals surface area contributed by atoms with Crippen LogP contribution in [0.5, 0.6) is 5.75 Å². The van der Waals surface area contributed by atoms with E-state index in [2.05, 4.69) is 20.2 Å². The molecule has 1 aliphatic rings. The molecule has 0 unspecified atom stereocenters. The number of carbonyl (C=O) groups excluding carboxylic acids is 1. The van der Waals surface area contributed by atoms with Gasteiger partial charge in [-0.2, -0.15) is 18.3 Å². The number of carboxylic acid groups (broad SMARTS) is 1. The molecule has 1 amide bonds. The molecule has 3 heterocycles. The summed E-state index contributed by atoms with van der Waals surface area (Å²) in [4.78, 5) is 32.2. The molecule has 2 N–H and O–H groups in total. The lowest BCUT2D eigenvalue weighted by Crippen LogP contribution is -2.34. The Morgan fingerprint density at radius 2 is 1.71 bits per heavy atom. The maximum atomic E-state index is 13.0. The number of halogens is 3. The van der Waals surface area contributed by atoms with Crippen LogP contribution in [0.1, 0.15) is 33.0 Å². The SMILES string of the molecule is COc1ccc(-c2n[nH]c3c2CCN(C(=O)c2ncnc(C)c2C)CC3)cc1.O=C(O)C(F)(F)F.